The van der Waals surface area contributed by atoms with Crippen LogP contribution in [0.1, 0.15) is 12.0 Å². The molecule has 0 aromatic heterocycles. The van der Waals surface area contributed by atoms with Crippen LogP contribution in [-0.2, 0) is 15.0 Å². The van der Waals surface area contributed by atoms with Crippen LogP contribution < -0.4 is 4.90 Å². The first kappa shape index (κ1) is 16.8. The fourth-order valence-electron chi connectivity index (χ4n) is 2.60. The topological polar surface area (TPSA) is 97.6 Å². The standard InChI is InChI=1S/C12H12BrFN2O5S/c1-7-2-9(13)4-10(16(18)19)12(7)15-5-8(3-11(15)17)6-22(14,20)21/h2,4,8H,3,5-6H2,1H3. The minimum atomic E-state index is -4.70. The summed E-state index contributed by atoms with van der Waals surface area (Å²) in [6, 6.07) is 2.89. The molecule has 1 atom stereocenters. The van der Waals surface area contributed by atoms with E-state index in [-0.39, 0.29) is 24.3 Å². The molecule has 1 aliphatic rings. The van der Waals surface area contributed by atoms with Gasteiger partial charge in [0.05, 0.1) is 10.7 Å². The van der Waals surface area contributed by atoms with E-state index in [1.165, 1.54) is 6.07 Å². The fraction of sp³-hybridized carbons (Fsp3) is 0.417. The zero-order valence-electron chi connectivity index (χ0n) is 11.5. The Morgan fingerprint density at radius 2 is 2.14 bits per heavy atom. The van der Waals surface area contributed by atoms with Gasteiger partial charge < -0.3 is 4.90 Å². The SMILES string of the molecule is Cc1cc(Br)cc([N+](=O)[O-])c1N1CC(CS(=O)(=O)F)CC1=O. The molecule has 1 saturated heterocycles. The van der Waals surface area contributed by atoms with E-state index in [9.17, 15) is 27.2 Å². The molecule has 0 aliphatic carbocycles. The predicted molar refractivity (Wildman–Crippen MR) is 80.9 cm³/mol. The van der Waals surface area contributed by atoms with Crippen molar-refractivity contribution in [2.45, 2.75) is 13.3 Å². The highest BCUT2D eigenvalue weighted by molar-refractivity contribution is 9.10. The summed E-state index contributed by atoms with van der Waals surface area (Å²) in [6.45, 7) is 1.55. The van der Waals surface area contributed by atoms with Gasteiger partial charge in [0, 0.05) is 29.4 Å². The van der Waals surface area contributed by atoms with Crippen molar-refractivity contribution in [1.82, 2.24) is 0 Å². The van der Waals surface area contributed by atoms with Gasteiger partial charge in [0.1, 0.15) is 5.69 Å². The molecular weight excluding hydrogens is 383 g/mol. The van der Waals surface area contributed by atoms with Crippen molar-refractivity contribution in [3.8, 4) is 0 Å². The van der Waals surface area contributed by atoms with Gasteiger partial charge in [-0.25, -0.2) is 0 Å². The minimum Gasteiger partial charge on any atom is -0.306 e. The normalized spacial score (nSPS) is 18.8. The number of nitro groups is 1. The zero-order chi connectivity index (χ0) is 16.7. The molecule has 0 spiro atoms. The quantitative estimate of drug-likeness (QED) is 0.443. The van der Waals surface area contributed by atoms with Crippen molar-refractivity contribution < 1.29 is 22.0 Å². The molecule has 0 saturated carbocycles. The van der Waals surface area contributed by atoms with Gasteiger partial charge in [-0.2, -0.15) is 8.42 Å². The van der Waals surface area contributed by atoms with Crippen LogP contribution in [0.5, 0.6) is 0 Å². The number of hydrogen-bond donors (Lipinski definition) is 0. The van der Waals surface area contributed by atoms with E-state index in [4.69, 9.17) is 0 Å². The summed E-state index contributed by atoms with van der Waals surface area (Å²) >= 11 is 3.15. The molecule has 0 N–H and O–H groups in total. The van der Waals surface area contributed by atoms with Gasteiger partial charge in [0.25, 0.3) is 5.69 Å². The number of halogens is 2. The highest BCUT2D eigenvalue weighted by atomic mass is 79.9. The van der Waals surface area contributed by atoms with Crippen LogP contribution in [0.25, 0.3) is 0 Å². The maximum atomic E-state index is 12.8. The Morgan fingerprint density at radius 3 is 2.68 bits per heavy atom. The lowest BCUT2D eigenvalue weighted by Crippen LogP contribution is -2.27. The largest absolute Gasteiger partial charge is 0.306 e. The maximum Gasteiger partial charge on any atom is 0.302 e. The van der Waals surface area contributed by atoms with Gasteiger partial charge in [-0.05, 0) is 18.6 Å². The highest BCUT2D eigenvalue weighted by Crippen LogP contribution is 2.38. The minimum absolute atomic E-state index is 0.0642. The van der Waals surface area contributed by atoms with Crippen LogP contribution in [0.4, 0.5) is 15.3 Å². The zero-order valence-corrected chi connectivity index (χ0v) is 13.9. The highest BCUT2D eigenvalue weighted by Gasteiger charge is 2.37. The Kier molecular flexibility index (Phi) is 4.52. The molecule has 2 rings (SSSR count). The summed E-state index contributed by atoms with van der Waals surface area (Å²) < 4.78 is 34.7. The van der Waals surface area contributed by atoms with Crippen molar-refractivity contribution in [2.75, 3.05) is 17.2 Å². The monoisotopic (exact) mass is 394 g/mol. The molecule has 1 unspecified atom stereocenters. The van der Waals surface area contributed by atoms with Crippen molar-refractivity contribution in [3.63, 3.8) is 0 Å². The van der Waals surface area contributed by atoms with Crippen molar-refractivity contribution in [2.24, 2.45) is 5.92 Å². The van der Waals surface area contributed by atoms with Crippen LogP contribution in [-0.4, -0.2) is 31.5 Å². The molecule has 0 bridgehead atoms. The van der Waals surface area contributed by atoms with Gasteiger partial charge in [0.15, 0.2) is 0 Å². The first-order valence-electron chi connectivity index (χ1n) is 6.25. The summed E-state index contributed by atoms with van der Waals surface area (Å²) in [4.78, 5) is 23.8. The van der Waals surface area contributed by atoms with Crippen molar-refractivity contribution in [3.05, 3.63) is 32.3 Å². The van der Waals surface area contributed by atoms with Gasteiger partial charge in [-0.15, -0.1) is 3.89 Å². The number of benzene rings is 1. The molecule has 7 nitrogen and oxygen atoms in total. The molecule has 120 valence electrons. The molecule has 1 heterocycles. The number of rotatable bonds is 4. The third-order valence-electron chi connectivity index (χ3n) is 3.35. The number of carbonyl (C=O) groups excluding carboxylic acids is 1. The number of nitrogens with zero attached hydrogens (tertiary/aromatic N) is 2. The molecule has 1 aromatic rings. The molecule has 1 fully saturated rings. The van der Waals surface area contributed by atoms with Gasteiger partial charge >= 0.3 is 10.2 Å². The lowest BCUT2D eigenvalue weighted by atomic mass is 10.1. The van der Waals surface area contributed by atoms with Gasteiger partial charge in [-0.3, -0.25) is 14.9 Å². The van der Waals surface area contributed by atoms with Crippen LogP contribution in [0.15, 0.2) is 16.6 Å². The number of nitro benzene ring substituents is 1. The average Bonchev–Trinajstić information content (AvgIpc) is 2.66. The van der Waals surface area contributed by atoms with E-state index in [0.717, 1.165) is 4.90 Å². The first-order chi connectivity index (χ1) is 10.1. The molecule has 1 aromatic carbocycles. The third-order valence-corrected chi connectivity index (χ3v) is 4.68. The number of anilines is 1. The van der Waals surface area contributed by atoms with Crippen molar-refractivity contribution >= 4 is 43.4 Å². The third kappa shape index (κ3) is 3.61. The van der Waals surface area contributed by atoms with Crippen molar-refractivity contribution in [1.29, 1.82) is 0 Å². The second-order valence-electron chi connectivity index (χ2n) is 5.13. The van der Waals surface area contributed by atoms with E-state index in [1.807, 2.05) is 0 Å². The molecule has 1 amide bonds. The lowest BCUT2D eigenvalue weighted by Gasteiger charge is -2.19. The Labute approximate surface area is 134 Å². The Morgan fingerprint density at radius 1 is 1.50 bits per heavy atom. The molecule has 0 radical (unpaired) electrons. The van der Waals surface area contributed by atoms with Crippen LogP contribution in [0.2, 0.25) is 0 Å². The van der Waals surface area contributed by atoms with Crippen LogP contribution in [0, 0.1) is 23.0 Å². The van der Waals surface area contributed by atoms with E-state index >= 15 is 0 Å². The fourth-order valence-corrected chi connectivity index (χ4v) is 3.95. The molecule has 1 aliphatic heterocycles. The van der Waals surface area contributed by atoms with E-state index in [2.05, 4.69) is 15.9 Å². The lowest BCUT2D eigenvalue weighted by molar-refractivity contribution is -0.384. The molecular formula is C12H12BrFN2O5S. The van der Waals surface area contributed by atoms with E-state index < -0.39 is 32.7 Å². The number of hydrogen-bond acceptors (Lipinski definition) is 5. The maximum absolute atomic E-state index is 12.8. The predicted octanol–water partition coefficient (Wildman–Crippen LogP) is 2.32. The Bertz CT molecular complexity index is 752. The Balaban J connectivity index is 2.40. The summed E-state index contributed by atoms with van der Waals surface area (Å²) in [6.07, 6.45) is -0.157. The molecule has 22 heavy (non-hydrogen) atoms. The van der Waals surface area contributed by atoms with Crippen LogP contribution >= 0.6 is 15.9 Å². The second kappa shape index (κ2) is 5.92. The Hall–Kier alpha value is -1.55. The van der Waals surface area contributed by atoms with Crippen LogP contribution in [0.3, 0.4) is 0 Å². The van der Waals surface area contributed by atoms with E-state index in [1.54, 1.807) is 13.0 Å². The number of carbonyl (C=O) groups is 1. The summed E-state index contributed by atoms with van der Waals surface area (Å²) in [7, 11) is -4.70. The number of amides is 1. The summed E-state index contributed by atoms with van der Waals surface area (Å²) in [5.74, 6) is -1.94. The number of aryl methyl sites for hydroxylation is 1. The average molecular weight is 395 g/mol. The van der Waals surface area contributed by atoms with E-state index in [0.29, 0.717) is 10.0 Å². The van der Waals surface area contributed by atoms with Gasteiger partial charge in [0.2, 0.25) is 5.91 Å². The van der Waals surface area contributed by atoms with Gasteiger partial charge in [-0.1, -0.05) is 15.9 Å². The summed E-state index contributed by atoms with van der Waals surface area (Å²) in [5, 5.41) is 11.2. The second-order valence-corrected chi connectivity index (χ2v) is 7.45. The first-order valence-corrected chi connectivity index (χ1v) is 8.60. The summed E-state index contributed by atoms with van der Waals surface area (Å²) in [5.41, 5.74) is 0.360. The smallest absolute Gasteiger partial charge is 0.302 e. The molecule has 10 heteroatoms.